The van der Waals surface area contributed by atoms with Gasteiger partial charge in [0.05, 0.1) is 4.90 Å². The second-order valence-electron chi connectivity index (χ2n) is 4.41. The number of anilines is 1. The Balaban J connectivity index is 2.04. The van der Waals surface area contributed by atoms with Gasteiger partial charge in [-0.2, -0.15) is 0 Å². The minimum absolute atomic E-state index is 0.289. The van der Waals surface area contributed by atoms with E-state index >= 15 is 0 Å². The van der Waals surface area contributed by atoms with Gasteiger partial charge in [0.2, 0.25) is 10.0 Å². The molecular formula is C14H18N2O2S2. The molecule has 0 unspecified atom stereocenters. The van der Waals surface area contributed by atoms with Crippen LogP contribution in [0.5, 0.6) is 0 Å². The van der Waals surface area contributed by atoms with Crippen molar-refractivity contribution in [3.05, 3.63) is 46.2 Å². The molecule has 1 aromatic heterocycles. The Hall–Kier alpha value is -1.37. The summed E-state index contributed by atoms with van der Waals surface area (Å²) in [6.45, 7) is 4.99. The van der Waals surface area contributed by atoms with E-state index in [0.717, 1.165) is 12.2 Å². The maximum atomic E-state index is 11.8. The van der Waals surface area contributed by atoms with Crippen LogP contribution < -0.4 is 10.0 Å². The topological polar surface area (TPSA) is 58.2 Å². The predicted molar refractivity (Wildman–Crippen MR) is 83.7 cm³/mol. The highest BCUT2D eigenvalue weighted by molar-refractivity contribution is 7.89. The highest BCUT2D eigenvalue weighted by atomic mass is 32.2. The standard InChI is InChI=1S/C14H18N2O2S2/c1-3-16-20(17,18)13-6-4-12(5-7-13)15-10-14-11(2)8-9-19-14/h4-9,15-16H,3,10H2,1-2H3. The summed E-state index contributed by atoms with van der Waals surface area (Å²) in [6.07, 6.45) is 0. The van der Waals surface area contributed by atoms with Gasteiger partial charge >= 0.3 is 0 Å². The van der Waals surface area contributed by atoms with Crippen LogP contribution in [0.15, 0.2) is 40.6 Å². The Labute approximate surface area is 123 Å². The molecule has 20 heavy (non-hydrogen) atoms. The first-order valence-electron chi connectivity index (χ1n) is 6.39. The molecule has 0 spiro atoms. The molecule has 4 nitrogen and oxygen atoms in total. The van der Waals surface area contributed by atoms with E-state index in [-0.39, 0.29) is 4.90 Å². The minimum Gasteiger partial charge on any atom is -0.380 e. The fourth-order valence-electron chi connectivity index (χ4n) is 1.79. The fraction of sp³-hybridized carbons (Fsp3) is 0.286. The number of aryl methyl sites for hydroxylation is 1. The lowest BCUT2D eigenvalue weighted by Gasteiger charge is -2.08. The summed E-state index contributed by atoms with van der Waals surface area (Å²) in [7, 11) is -3.37. The highest BCUT2D eigenvalue weighted by Gasteiger charge is 2.11. The number of benzene rings is 1. The molecule has 2 aromatic rings. The maximum Gasteiger partial charge on any atom is 0.240 e. The molecule has 0 fully saturated rings. The number of hydrogen-bond donors (Lipinski definition) is 2. The van der Waals surface area contributed by atoms with Gasteiger partial charge in [-0.25, -0.2) is 13.1 Å². The van der Waals surface area contributed by atoms with Crippen LogP contribution in [0.25, 0.3) is 0 Å². The molecule has 0 aliphatic heterocycles. The monoisotopic (exact) mass is 310 g/mol. The van der Waals surface area contributed by atoms with E-state index in [1.54, 1.807) is 42.5 Å². The van der Waals surface area contributed by atoms with Gasteiger partial charge in [0.1, 0.15) is 0 Å². The van der Waals surface area contributed by atoms with E-state index in [4.69, 9.17) is 0 Å². The van der Waals surface area contributed by atoms with Crippen molar-refractivity contribution in [2.24, 2.45) is 0 Å². The van der Waals surface area contributed by atoms with Crippen LogP contribution in [0.4, 0.5) is 5.69 Å². The molecule has 6 heteroatoms. The van der Waals surface area contributed by atoms with Crippen LogP contribution in [0.2, 0.25) is 0 Å². The molecule has 0 radical (unpaired) electrons. The highest BCUT2D eigenvalue weighted by Crippen LogP contribution is 2.19. The van der Waals surface area contributed by atoms with E-state index < -0.39 is 10.0 Å². The van der Waals surface area contributed by atoms with Crippen LogP contribution in [0, 0.1) is 6.92 Å². The SMILES string of the molecule is CCNS(=O)(=O)c1ccc(NCc2sccc2C)cc1. The molecule has 0 atom stereocenters. The van der Waals surface area contributed by atoms with Crippen LogP contribution in [-0.4, -0.2) is 15.0 Å². The Kier molecular flexibility index (Phi) is 4.80. The molecule has 0 amide bonds. The van der Waals surface area contributed by atoms with Gasteiger partial charge in [-0.3, -0.25) is 0 Å². The van der Waals surface area contributed by atoms with E-state index in [0.29, 0.717) is 6.54 Å². The van der Waals surface area contributed by atoms with Crippen LogP contribution >= 0.6 is 11.3 Å². The fourth-order valence-corrected chi connectivity index (χ4v) is 3.68. The van der Waals surface area contributed by atoms with Crippen molar-refractivity contribution in [1.82, 2.24) is 4.72 Å². The Morgan fingerprint density at radius 1 is 1.15 bits per heavy atom. The lowest BCUT2D eigenvalue weighted by Crippen LogP contribution is -2.23. The number of sulfonamides is 1. The zero-order valence-corrected chi connectivity index (χ0v) is 13.1. The van der Waals surface area contributed by atoms with Crippen LogP contribution in [0.3, 0.4) is 0 Å². The maximum absolute atomic E-state index is 11.8. The van der Waals surface area contributed by atoms with Crippen molar-refractivity contribution in [2.45, 2.75) is 25.3 Å². The average Bonchev–Trinajstić information content (AvgIpc) is 2.82. The third-order valence-electron chi connectivity index (χ3n) is 2.92. The molecule has 1 heterocycles. The van der Waals surface area contributed by atoms with E-state index in [9.17, 15) is 8.42 Å². The average molecular weight is 310 g/mol. The number of nitrogens with one attached hydrogen (secondary N) is 2. The summed E-state index contributed by atoms with van der Waals surface area (Å²) in [5.41, 5.74) is 2.18. The lowest BCUT2D eigenvalue weighted by atomic mass is 10.2. The molecule has 0 bridgehead atoms. The molecule has 0 aliphatic rings. The third-order valence-corrected chi connectivity index (χ3v) is 5.50. The second-order valence-corrected chi connectivity index (χ2v) is 7.17. The number of thiophene rings is 1. The quantitative estimate of drug-likeness (QED) is 0.862. The van der Waals surface area contributed by atoms with Gasteiger partial charge in [-0.15, -0.1) is 11.3 Å². The lowest BCUT2D eigenvalue weighted by molar-refractivity contribution is 0.584. The van der Waals surface area contributed by atoms with Crippen LogP contribution in [0.1, 0.15) is 17.4 Å². The predicted octanol–water partition coefficient (Wildman–Crippen LogP) is 2.97. The molecule has 2 rings (SSSR count). The Morgan fingerprint density at radius 2 is 1.85 bits per heavy atom. The smallest absolute Gasteiger partial charge is 0.240 e. The van der Waals surface area contributed by atoms with Crippen molar-refractivity contribution < 1.29 is 8.42 Å². The molecule has 0 saturated heterocycles. The Bertz CT molecular complexity index is 661. The van der Waals surface area contributed by atoms with Crippen molar-refractivity contribution in [3.8, 4) is 0 Å². The first-order valence-corrected chi connectivity index (χ1v) is 8.76. The van der Waals surface area contributed by atoms with Gasteiger partial charge < -0.3 is 5.32 Å². The van der Waals surface area contributed by atoms with E-state index in [1.807, 2.05) is 0 Å². The van der Waals surface area contributed by atoms with Crippen molar-refractivity contribution >= 4 is 27.0 Å². The number of rotatable bonds is 6. The molecule has 0 saturated carbocycles. The van der Waals surface area contributed by atoms with E-state index in [2.05, 4.69) is 28.4 Å². The minimum atomic E-state index is -3.37. The van der Waals surface area contributed by atoms with Crippen LogP contribution in [-0.2, 0) is 16.6 Å². The largest absolute Gasteiger partial charge is 0.380 e. The summed E-state index contributed by atoms with van der Waals surface area (Å²) in [6, 6.07) is 8.89. The van der Waals surface area contributed by atoms with Gasteiger partial charge in [-0.1, -0.05) is 6.92 Å². The van der Waals surface area contributed by atoms with Crippen molar-refractivity contribution in [3.63, 3.8) is 0 Å². The summed E-state index contributed by atoms with van der Waals surface area (Å²) in [5, 5.41) is 5.36. The van der Waals surface area contributed by atoms with Gasteiger partial charge in [0.25, 0.3) is 0 Å². The summed E-state index contributed by atoms with van der Waals surface area (Å²) in [4.78, 5) is 1.58. The molecule has 108 valence electrons. The third kappa shape index (κ3) is 3.59. The normalized spacial score (nSPS) is 11.5. The zero-order valence-electron chi connectivity index (χ0n) is 11.5. The molecule has 0 aliphatic carbocycles. The van der Waals surface area contributed by atoms with Gasteiger partial charge in [0.15, 0.2) is 0 Å². The molecular weight excluding hydrogens is 292 g/mol. The Morgan fingerprint density at radius 3 is 2.40 bits per heavy atom. The van der Waals surface area contributed by atoms with Gasteiger partial charge in [-0.05, 0) is 48.2 Å². The first-order chi connectivity index (χ1) is 9.53. The van der Waals surface area contributed by atoms with Gasteiger partial charge in [0, 0.05) is 23.7 Å². The van der Waals surface area contributed by atoms with Crippen molar-refractivity contribution in [2.75, 3.05) is 11.9 Å². The second kappa shape index (κ2) is 6.39. The summed E-state index contributed by atoms with van der Waals surface area (Å²) >= 11 is 1.71. The number of hydrogen-bond acceptors (Lipinski definition) is 4. The zero-order chi connectivity index (χ0) is 14.6. The summed E-state index contributed by atoms with van der Waals surface area (Å²) < 4.78 is 26.1. The van der Waals surface area contributed by atoms with E-state index in [1.165, 1.54) is 10.4 Å². The summed E-state index contributed by atoms with van der Waals surface area (Å²) in [5.74, 6) is 0. The van der Waals surface area contributed by atoms with Crippen molar-refractivity contribution in [1.29, 1.82) is 0 Å². The molecule has 2 N–H and O–H groups in total. The molecule has 1 aromatic carbocycles. The first kappa shape index (κ1) is 15.0.